The predicted molar refractivity (Wildman–Crippen MR) is 68.8 cm³/mol. The minimum Gasteiger partial charge on any atom is -0.379 e. The van der Waals surface area contributed by atoms with Gasteiger partial charge in [0, 0.05) is 26.4 Å². The standard InChI is InChI=1S/C11H21N3O3S/c1-9(2)17-7-5-6-12-18(15,16)11-8-14(4)13-10(11)3/h8-9,12H,5-7H2,1-4H3. The van der Waals surface area contributed by atoms with Crippen molar-refractivity contribution in [2.45, 2.75) is 38.2 Å². The lowest BCUT2D eigenvalue weighted by Gasteiger charge is -2.08. The van der Waals surface area contributed by atoms with E-state index in [-0.39, 0.29) is 11.0 Å². The minimum absolute atomic E-state index is 0.169. The van der Waals surface area contributed by atoms with Gasteiger partial charge in [-0.25, -0.2) is 13.1 Å². The maximum absolute atomic E-state index is 12.0. The van der Waals surface area contributed by atoms with Crippen molar-refractivity contribution in [1.29, 1.82) is 0 Å². The zero-order valence-electron chi connectivity index (χ0n) is 11.3. The van der Waals surface area contributed by atoms with E-state index in [2.05, 4.69) is 9.82 Å². The first-order valence-electron chi connectivity index (χ1n) is 5.94. The van der Waals surface area contributed by atoms with Crippen LogP contribution >= 0.6 is 0 Å². The molecular formula is C11H21N3O3S. The predicted octanol–water partition coefficient (Wildman–Crippen LogP) is 0.822. The second-order valence-corrected chi connectivity index (χ2v) is 6.16. The molecule has 1 rings (SSSR count). The van der Waals surface area contributed by atoms with Crippen molar-refractivity contribution in [3.05, 3.63) is 11.9 Å². The molecule has 0 aliphatic rings. The maximum Gasteiger partial charge on any atom is 0.243 e. The molecule has 0 saturated heterocycles. The van der Waals surface area contributed by atoms with Crippen molar-refractivity contribution in [3.63, 3.8) is 0 Å². The molecule has 0 aromatic carbocycles. The van der Waals surface area contributed by atoms with E-state index in [1.807, 2.05) is 13.8 Å². The Morgan fingerprint density at radius 3 is 2.67 bits per heavy atom. The molecule has 1 N–H and O–H groups in total. The van der Waals surface area contributed by atoms with Crippen molar-refractivity contribution in [2.75, 3.05) is 13.2 Å². The minimum atomic E-state index is -3.46. The number of rotatable bonds is 7. The van der Waals surface area contributed by atoms with Gasteiger partial charge in [-0.2, -0.15) is 5.10 Å². The average Bonchev–Trinajstić information content (AvgIpc) is 2.57. The molecule has 0 radical (unpaired) electrons. The molecule has 1 heterocycles. The van der Waals surface area contributed by atoms with Crippen molar-refractivity contribution in [3.8, 4) is 0 Å². The fourth-order valence-corrected chi connectivity index (χ4v) is 2.81. The Morgan fingerprint density at radius 1 is 1.50 bits per heavy atom. The Labute approximate surface area is 108 Å². The Morgan fingerprint density at radius 2 is 2.17 bits per heavy atom. The van der Waals surface area contributed by atoms with Gasteiger partial charge >= 0.3 is 0 Å². The van der Waals surface area contributed by atoms with Crippen LogP contribution in [0.15, 0.2) is 11.1 Å². The smallest absolute Gasteiger partial charge is 0.243 e. The highest BCUT2D eigenvalue weighted by molar-refractivity contribution is 7.89. The summed E-state index contributed by atoms with van der Waals surface area (Å²) in [7, 11) is -1.76. The zero-order chi connectivity index (χ0) is 13.8. The molecule has 0 bridgehead atoms. The number of sulfonamides is 1. The van der Waals surface area contributed by atoms with Gasteiger partial charge < -0.3 is 4.74 Å². The third-order valence-corrected chi connectivity index (χ3v) is 3.89. The van der Waals surface area contributed by atoms with Crippen LogP contribution in [0.2, 0.25) is 0 Å². The second kappa shape index (κ2) is 6.31. The molecule has 0 amide bonds. The Hall–Kier alpha value is -0.920. The fourth-order valence-electron chi connectivity index (χ4n) is 1.52. The normalized spacial score (nSPS) is 12.3. The molecule has 0 aliphatic heterocycles. The highest BCUT2D eigenvalue weighted by Gasteiger charge is 2.18. The lowest BCUT2D eigenvalue weighted by Crippen LogP contribution is -2.26. The van der Waals surface area contributed by atoms with E-state index in [4.69, 9.17) is 4.74 Å². The third kappa shape index (κ3) is 4.40. The van der Waals surface area contributed by atoms with E-state index in [9.17, 15) is 8.42 Å². The van der Waals surface area contributed by atoms with Gasteiger partial charge in [0.1, 0.15) is 4.90 Å². The van der Waals surface area contributed by atoms with Gasteiger partial charge in [-0.15, -0.1) is 0 Å². The number of aromatic nitrogens is 2. The molecule has 7 heteroatoms. The van der Waals surface area contributed by atoms with Gasteiger partial charge in [0.05, 0.1) is 11.8 Å². The van der Waals surface area contributed by atoms with Crippen LogP contribution in [-0.4, -0.2) is 37.5 Å². The van der Waals surface area contributed by atoms with Gasteiger partial charge in [-0.05, 0) is 27.2 Å². The van der Waals surface area contributed by atoms with Crippen molar-refractivity contribution < 1.29 is 13.2 Å². The topological polar surface area (TPSA) is 73.2 Å². The molecule has 1 aromatic heterocycles. The molecule has 6 nitrogen and oxygen atoms in total. The summed E-state index contributed by atoms with van der Waals surface area (Å²) < 4.78 is 33.3. The molecule has 0 fully saturated rings. The summed E-state index contributed by atoms with van der Waals surface area (Å²) in [5, 5.41) is 4.02. The summed E-state index contributed by atoms with van der Waals surface area (Å²) in [4.78, 5) is 0.231. The summed E-state index contributed by atoms with van der Waals surface area (Å²) in [5.74, 6) is 0. The highest BCUT2D eigenvalue weighted by Crippen LogP contribution is 2.11. The molecule has 18 heavy (non-hydrogen) atoms. The summed E-state index contributed by atoms with van der Waals surface area (Å²) in [6.45, 7) is 6.48. The fraction of sp³-hybridized carbons (Fsp3) is 0.727. The average molecular weight is 275 g/mol. The molecule has 0 spiro atoms. The quantitative estimate of drug-likeness (QED) is 0.748. The summed E-state index contributed by atoms with van der Waals surface area (Å²) in [6.07, 6.45) is 2.32. The van der Waals surface area contributed by atoms with Crippen LogP contribution < -0.4 is 4.72 Å². The lowest BCUT2D eigenvalue weighted by atomic mass is 10.4. The first kappa shape index (κ1) is 15.1. The Kier molecular flexibility index (Phi) is 5.30. The van der Waals surface area contributed by atoms with Crippen molar-refractivity contribution >= 4 is 10.0 Å². The monoisotopic (exact) mass is 275 g/mol. The Bertz CT molecular complexity index is 480. The first-order chi connectivity index (χ1) is 8.33. The second-order valence-electron chi connectivity index (χ2n) is 4.42. The van der Waals surface area contributed by atoms with Gasteiger partial charge in [0.25, 0.3) is 0 Å². The van der Waals surface area contributed by atoms with E-state index in [1.54, 1.807) is 14.0 Å². The highest BCUT2D eigenvalue weighted by atomic mass is 32.2. The van der Waals surface area contributed by atoms with Gasteiger partial charge in [-0.1, -0.05) is 0 Å². The molecule has 0 saturated carbocycles. The van der Waals surface area contributed by atoms with Gasteiger partial charge in [0.2, 0.25) is 10.0 Å². The Balaban J connectivity index is 2.48. The summed E-state index contributed by atoms with van der Waals surface area (Å²) in [5.41, 5.74) is 0.503. The number of nitrogens with one attached hydrogen (secondary N) is 1. The molecular weight excluding hydrogens is 254 g/mol. The maximum atomic E-state index is 12.0. The largest absolute Gasteiger partial charge is 0.379 e. The summed E-state index contributed by atoms with van der Waals surface area (Å²) in [6, 6.07) is 0. The van der Waals surface area contributed by atoms with Crippen LogP contribution in [0.5, 0.6) is 0 Å². The van der Waals surface area contributed by atoms with E-state index >= 15 is 0 Å². The first-order valence-corrected chi connectivity index (χ1v) is 7.43. The zero-order valence-corrected chi connectivity index (χ0v) is 12.1. The molecule has 0 atom stereocenters. The van der Waals surface area contributed by atoms with E-state index in [0.29, 0.717) is 25.3 Å². The number of hydrogen-bond acceptors (Lipinski definition) is 4. The SMILES string of the molecule is Cc1nn(C)cc1S(=O)(=O)NCCCOC(C)C. The van der Waals surface area contributed by atoms with Gasteiger partial charge in [-0.3, -0.25) is 4.68 Å². The van der Waals surface area contributed by atoms with Crippen LogP contribution in [0.25, 0.3) is 0 Å². The van der Waals surface area contributed by atoms with E-state index in [0.717, 1.165) is 0 Å². The molecule has 0 unspecified atom stereocenters. The number of nitrogens with zero attached hydrogens (tertiary/aromatic N) is 2. The van der Waals surface area contributed by atoms with Crippen LogP contribution in [-0.2, 0) is 21.8 Å². The van der Waals surface area contributed by atoms with Crippen molar-refractivity contribution in [1.82, 2.24) is 14.5 Å². The van der Waals surface area contributed by atoms with Crippen LogP contribution in [0.3, 0.4) is 0 Å². The number of aryl methyl sites for hydroxylation is 2. The number of ether oxygens (including phenoxy) is 1. The molecule has 0 aliphatic carbocycles. The van der Waals surface area contributed by atoms with E-state index in [1.165, 1.54) is 10.9 Å². The number of hydrogen-bond donors (Lipinski definition) is 1. The molecule has 104 valence electrons. The van der Waals surface area contributed by atoms with Crippen LogP contribution in [0, 0.1) is 6.92 Å². The molecule has 1 aromatic rings. The van der Waals surface area contributed by atoms with Gasteiger partial charge in [0.15, 0.2) is 0 Å². The van der Waals surface area contributed by atoms with Crippen molar-refractivity contribution in [2.24, 2.45) is 7.05 Å². The lowest BCUT2D eigenvalue weighted by molar-refractivity contribution is 0.0778. The van der Waals surface area contributed by atoms with E-state index < -0.39 is 10.0 Å². The third-order valence-electron chi connectivity index (χ3n) is 2.32. The van der Waals surface area contributed by atoms with Crippen LogP contribution in [0.1, 0.15) is 26.0 Å². The van der Waals surface area contributed by atoms with Crippen LogP contribution in [0.4, 0.5) is 0 Å². The summed E-state index contributed by atoms with van der Waals surface area (Å²) >= 11 is 0.